The van der Waals surface area contributed by atoms with E-state index >= 15 is 0 Å². The molecule has 0 spiro atoms. The molecule has 2 heterocycles. The van der Waals surface area contributed by atoms with Crippen LogP contribution in [0.3, 0.4) is 0 Å². The molecule has 0 atom stereocenters. The van der Waals surface area contributed by atoms with Crippen molar-refractivity contribution in [2.24, 2.45) is 0 Å². The van der Waals surface area contributed by atoms with E-state index in [9.17, 15) is 0 Å². The lowest BCUT2D eigenvalue weighted by atomic mass is 10.00. The minimum Gasteiger partial charge on any atom is -0.398 e. The number of fused-ring (bicyclic) bond motifs is 6. The number of rotatable bonds is 0. The van der Waals surface area contributed by atoms with Crippen molar-refractivity contribution < 1.29 is 0 Å². The third-order valence-electron chi connectivity index (χ3n) is 3.90. The first-order valence-electron chi connectivity index (χ1n) is 6.66. The summed E-state index contributed by atoms with van der Waals surface area (Å²) in [5, 5.41) is 5.35. The smallest absolute Gasteiger partial charge is 0.0530 e. The molecule has 100 valence electrons. The summed E-state index contributed by atoms with van der Waals surface area (Å²) in [6, 6.07) is 9.00. The summed E-state index contributed by atoms with van der Waals surface area (Å²) < 4.78 is 2.83. The van der Waals surface area contributed by atoms with Crippen molar-refractivity contribution in [3.05, 3.63) is 39.6 Å². The molecule has 0 bridgehead atoms. The fraction of sp³-hybridized carbons (Fsp3) is 0.176. The highest BCUT2D eigenvalue weighted by Gasteiger charge is 2.14. The van der Waals surface area contributed by atoms with Gasteiger partial charge in [0.25, 0.3) is 0 Å². The van der Waals surface area contributed by atoms with E-state index in [0.717, 1.165) is 11.3 Å². The number of thiophene rings is 2. The van der Waals surface area contributed by atoms with Crippen LogP contribution in [0.1, 0.15) is 15.3 Å². The first kappa shape index (κ1) is 12.2. The Morgan fingerprint density at radius 2 is 1.20 bits per heavy atom. The van der Waals surface area contributed by atoms with Crippen LogP contribution in [-0.2, 0) is 0 Å². The predicted molar refractivity (Wildman–Crippen MR) is 93.3 cm³/mol. The van der Waals surface area contributed by atoms with E-state index in [1.54, 1.807) is 0 Å². The molecule has 4 aromatic rings. The Hall–Kier alpha value is -1.58. The van der Waals surface area contributed by atoms with Crippen molar-refractivity contribution in [2.75, 3.05) is 5.73 Å². The first-order valence-corrected chi connectivity index (χ1v) is 8.30. The standard InChI is InChI=1S/C17H15NS2/c1-8-4-11-12(7-15(8)18)14-6-10(3)20-17(14)16-13(11)5-9(2)19-16/h4-7H,18H2,1-3H3. The molecule has 0 saturated heterocycles. The number of hydrogen-bond donors (Lipinski definition) is 1. The normalized spacial score (nSPS) is 11.9. The van der Waals surface area contributed by atoms with E-state index in [1.807, 2.05) is 22.7 Å². The second kappa shape index (κ2) is 3.96. The molecule has 2 aromatic heterocycles. The van der Waals surface area contributed by atoms with Gasteiger partial charge in [0, 0.05) is 26.2 Å². The van der Waals surface area contributed by atoms with Crippen molar-refractivity contribution in [3.63, 3.8) is 0 Å². The summed E-state index contributed by atoms with van der Waals surface area (Å²) in [4.78, 5) is 2.73. The van der Waals surface area contributed by atoms with Crippen molar-refractivity contribution in [3.8, 4) is 0 Å². The molecule has 0 fully saturated rings. The minimum atomic E-state index is 0.883. The summed E-state index contributed by atoms with van der Waals surface area (Å²) in [6.07, 6.45) is 0. The van der Waals surface area contributed by atoms with E-state index in [0.29, 0.717) is 0 Å². The van der Waals surface area contributed by atoms with Gasteiger partial charge in [0.1, 0.15) is 0 Å². The largest absolute Gasteiger partial charge is 0.398 e. The van der Waals surface area contributed by atoms with Gasteiger partial charge in [-0.05, 0) is 61.4 Å². The number of aryl methyl sites for hydroxylation is 3. The first-order chi connectivity index (χ1) is 9.54. The zero-order valence-electron chi connectivity index (χ0n) is 11.7. The second-order valence-corrected chi connectivity index (χ2v) is 7.97. The van der Waals surface area contributed by atoms with E-state index < -0.39 is 0 Å². The molecule has 0 saturated carbocycles. The molecular formula is C17H15NS2. The van der Waals surface area contributed by atoms with Crippen LogP contribution in [0.25, 0.3) is 30.9 Å². The van der Waals surface area contributed by atoms with Gasteiger partial charge in [-0.15, -0.1) is 22.7 Å². The molecule has 0 amide bonds. The highest BCUT2D eigenvalue weighted by molar-refractivity contribution is 7.27. The quantitative estimate of drug-likeness (QED) is 0.409. The zero-order valence-corrected chi connectivity index (χ0v) is 13.3. The number of anilines is 1. The molecule has 0 aliphatic rings. The SMILES string of the molecule is Cc1cc2c3cc(C)c(N)cc3c3cc(C)sc3c2s1. The number of hydrogen-bond acceptors (Lipinski definition) is 3. The van der Waals surface area contributed by atoms with Crippen molar-refractivity contribution in [1.29, 1.82) is 0 Å². The third-order valence-corrected chi connectivity index (χ3v) is 6.17. The van der Waals surface area contributed by atoms with Gasteiger partial charge in [-0.1, -0.05) is 0 Å². The summed E-state index contributed by atoms with van der Waals surface area (Å²) in [5.74, 6) is 0. The summed E-state index contributed by atoms with van der Waals surface area (Å²) >= 11 is 3.79. The topological polar surface area (TPSA) is 26.0 Å². The van der Waals surface area contributed by atoms with Gasteiger partial charge in [0.15, 0.2) is 0 Å². The van der Waals surface area contributed by atoms with Crippen LogP contribution in [0, 0.1) is 20.8 Å². The highest BCUT2D eigenvalue weighted by Crippen LogP contribution is 2.43. The maximum atomic E-state index is 6.14. The summed E-state index contributed by atoms with van der Waals surface area (Å²) in [5.41, 5.74) is 8.18. The van der Waals surface area contributed by atoms with Crippen LogP contribution in [0.4, 0.5) is 5.69 Å². The Morgan fingerprint density at radius 3 is 1.75 bits per heavy atom. The fourth-order valence-corrected chi connectivity index (χ4v) is 5.15. The molecule has 0 aliphatic heterocycles. The average molecular weight is 297 g/mol. The Morgan fingerprint density at radius 1 is 0.700 bits per heavy atom. The fourth-order valence-electron chi connectivity index (χ4n) is 2.94. The van der Waals surface area contributed by atoms with E-state index in [1.165, 1.54) is 40.7 Å². The van der Waals surface area contributed by atoms with Crippen LogP contribution >= 0.6 is 22.7 Å². The monoisotopic (exact) mass is 297 g/mol. The molecule has 20 heavy (non-hydrogen) atoms. The van der Waals surface area contributed by atoms with Gasteiger partial charge in [0.2, 0.25) is 0 Å². The maximum absolute atomic E-state index is 6.14. The zero-order chi connectivity index (χ0) is 14.0. The maximum Gasteiger partial charge on any atom is 0.0530 e. The number of benzene rings is 2. The van der Waals surface area contributed by atoms with Gasteiger partial charge in [-0.2, -0.15) is 0 Å². The molecule has 3 heteroatoms. The number of nitrogen functional groups attached to an aromatic ring is 1. The Balaban J connectivity index is 2.40. The van der Waals surface area contributed by atoms with Crippen molar-refractivity contribution in [1.82, 2.24) is 0 Å². The Labute approximate surface area is 125 Å². The highest BCUT2D eigenvalue weighted by atomic mass is 32.1. The third kappa shape index (κ3) is 1.54. The molecule has 2 N–H and O–H groups in total. The molecular weight excluding hydrogens is 282 g/mol. The van der Waals surface area contributed by atoms with Gasteiger partial charge in [0.05, 0.1) is 9.40 Å². The van der Waals surface area contributed by atoms with Gasteiger partial charge >= 0.3 is 0 Å². The minimum absolute atomic E-state index is 0.883. The number of nitrogens with two attached hydrogens (primary N) is 1. The molecule has 4 rings (SSSR count). The second-order valence-electron chi connectivity index (χ2n) is 5.45. The van der Waals surface area contributed by atoms with Crippen molar-refractivity contribution >= 4 is 59.3 Å². The molecule has 0 aliphatic carbocycles. The van der Waals surface area contributed by atoms with E-state index in [4.69, 9.17) is 5.73 Å². The lowest BCUT2D eigenvalue weighted by molar-refractivity contribution is 1.51. The van der Waals surface area contributed by atoms with Gasteiger partial charge < -0.3 is 5.73 Å². The molecule has 1 nitrogen and oxygen atoms in total. The van der Waals surface area contributed by atoms with Crippen LogP contribution in [-0.4, -0.2) is 0 Å². The Bertz CT molecular complexity index is 908. The van der Waals surface area contributed by atoms with E-state index in [2.05, 4.69) is 45.0 Å². The van der Waals surface area contributed by atoms with Crippen LogP contribution < -0.4 is 5.73 Å². The molecule has 2 aromatic carbocycles. The summed E-state index contributed by atoms with van der Waals surface area (Å²) in [6.45, 7) is 6.45. The predicted octanol–water partition coefficient (Wildman–Crippen LogP) is 5.78. The van der Waals surface area contributed by atoms with Crippen molar-refractivity contribution in [2.45, 2.75) is 20.8 Å². The van der Waals surface area contributed by atoms with Crippen LogP contribution in [0.5, 0.6) is 0 Å². The molecule has 0 radical (unpaired) electrons. The Kier molecular flexibility index (Phi) is 2.41. The lowest BCUT2D eigenvalue weighted by Crippen LogP contribution is -1.89. The summed E-state index contributed by atoms with van der Waals surface area (Å²) in [7, 11) is 0. The van der Waals surface area contributed by atoms with Crippen LogP contribution in [0.15, 0.2) is 24.3 Å². The lowest BCUT2D eigenvalue weighted by Gasteiger charge is -2.07. The molecule has 0 unspecified atom stereocenters. The average Bonchev–Trinajstić information content (AvgIpc) is 2.94. The van der Waals surface area contributed by atoms with Gasteiger partial charge in [-0.25, -0.2) is 0 Å². The van der Waals surface area contributed by atoms with E-state index in [-0.39, 0.29) is 0 Å². The van der Waals surface area contributed by atoms with Crippen LogP contribution in [0.2, 0.25) is 0 Å². The van der Waals surface area contributed by atoms with Gasteiger partial charge in [-0.3, -0.25) is 0 Å².